The Bertz CT molecular complexity index is 316. The van der Waals surface area contributed by atoms with Gasteiger partial charge in [0.2, 0.25) is 0 Å². The first kappa shape index (κ1) is 13.0. The molecule has 1 aromatic heterocycles. The lowest BCUT2D eigenvalue weighted by molar-refractivity contribution is 0.340. The van der Waals surface area contributed by atoms with Crippen molar-refractivity contribution in [3.8, 4) is 0 Å². The summed E-state index contributed by atoms with van der Waals surface area (Å²) >= 11 is 9.71. The number of hydrogen-bond donors (Lipinski definition) is 0. The van der Waals surface area contributed by atoms with Crippen molar-refractivity contribution >= 4 is 27.5 Å². The fraction of sp³-hybridized carbons (Fsp3) is 0.583. The van der Waals surface area contributed by atoms with Gasteiger partial charge in [-0.25, -0.2) is 0 Å². The van der Waals surface area contributed by atoms with Gasteiger partial charge in [-0.1, -0.05) is 47.8 Å². The van der Waals surface area contributed by atoms with Gasteiger partial charge >= 0.3 is 0 Å². The predicted octanol–water partition coefficient (Wildman–Crippen LogP) is 4.48. The molecule has 0 aromatic carbocycles. The van der Waals surface area contributed by atoms with Crippen molar-refractivity contribution in [2.45, 2.75) is 33.1 Å². The van der Waals surface area contributed by atoms with E-state index in [9.17, 15) is 0 Å². The maximum Gasteiger partial charge on any atom is 0.0621 e. The van der Waals surface area contributed by atoms with Crippen LogP contribution in [-0.2, 0) is 6.42 Å². The summed E-state index contributed by atoms with van der Waals surface area (Å²) in [6.07, 6.45) is 6.94. The van der Waals surface area contributed by atoms with Gasteiger partial charge in [0.25, 0.3) is 0 Å². The summed E-state index contributed by atoms with van der Waals surface area (Å²) in [6, 6.07) is 2.01. The van der Waals surface area contributed by atoms with Gasteiger partial charge in [-0.05, 0) is 29.9 Å². The molecule has 0 N–H and O–H groups in total. The maximum atomic E-state index is 6.11. The highest BCUT2D eigenvalue weighted by atomic mass is 79.9. The summed E-state index contributed by atoms with van der Waals surface area (Å²) in [4.78, 5) is 4.00. The van der Waals surface area contributed by atoms with Gasteiger partial charge in [-0.15, -0.1) is 0 Å². The third kappa shape index (κ3) is 3.76. The van der Waals surface area contributed by atoms with E-state index in [1.807, 2.05) is 12.3 Å². The number of alkyl halides is 1. The van der Waals surface area contributed by atoms with Gasteiger partial charge in [0, 0.05) is 17.7 Å². The molecule has 0 aliphatic heterocycles. The fourth-order valence-electron chi connectivity index (χ4n) is 1.81. The van der Waals surface area contributed by atoms with E-state index in [0.717, 1.165) is 16.8 Å². The van der Waals surface area contributed by atoms with Crippen molar-refractivity contribution in [1.82, 2.24) is 4.98 Å². The van der Waals surface area contributed by atoms with Crippen LogP contribution in [0.3, 0.4) is 0 Å². The first-order valence-corrected chi connectivity index (χ1v) is 6.75. The van der Waals surface area contributed by atoms with Gasteiger partial charge in [-0.3, -0.25) is 4.98 Å². The minimum atomic E-state index is 0.291. The number of hydrogen-bond acceptors (Lipinski definition) is 1. The van der Waals surface area contributed by atoms with Crippen LogP contribution in [0.4, 0.5) is 0 Å². The van der Waals surface area contributed by atoms with E-state index >= 15 is 0 Å². The van der Waals surface area contributed by atoms with Crippen molar-refractivity contribution in [3.63, 3.8) is 0 Å². The minimum Gasteiger partial charge on any atom is -0.263 e. The Kier molecular flexibility index (Phi) is 5.07. The van der Waals surface area contributed by atoms with E-state index < -0.39 is 0 Å². The summed E-state index contributed by atoms with van der Waals surface area (Å²) in [5.41, 5.74) is 1.49. The first-order chi connectivity index (χ1) is 7.11. The van der Waals surface area contributed by atoms with Crippen LogP contribution in [0.15, 0.2) is 18.5 Å². The second-order valence-electron chi connectivity index (χ2n) is 4.34. The molecule has 1 aromatic rings. The van der Waals surface area contributed by atoms with Crippen LogP contribution >= 0.6 is 27.5 Å². The smallest absolute Gasteiger partial charge is 0.0621 e. The zero-order valence-corrected chi connectivity index (χ0v) is 11.6. The zero-order valence-electron chi connectivity index (χ0n) is 9.26. The number of nitrogens with zero attached hydrogens (tertiary/aromatic N) is 1. The number of pyridine rings is 1. The fourth-order valence-corrected chi connectivity index (χ4v) is 2.48. The largest absolute Gasteiger partial charge is 0.263 e. The maximum absolute atomic E-state index is 6.11. The molecule has 0 saturated carbocycles. The van der Waals surface area contributed by atoms with Gasteiger partial charge in [-0.2, -0.15) is 0 Å². The molecule has 0 spiro atoms. The molecule has 1 atom stereocenters. The Morgan fingerprint density at radius 2 is 2.27 bits per heavy atom. The summed E-state index contributed by atoms with van der Waals surface area (Å²) in [5.74, 6) is 0. The molecule has 0 fully saturated rings. The molecule has 3 heteroatoms. The molecule has 0 radical (unpaired) electrons. The van der Waals surface area contributed by atoms with Gasteiger partial charge in [0.1, 0.15) is 0 Å². The zero-order chi connectivity index (χ0) is 11.3. The van der Waals surface area contributed by atoms with E-state index in [0.29, 0.717) is 5.41 Å². The van der Waals surface area contributed by atoms with Crippen molar-refractivity contribution in [2.24, 2.45) is 5.41 Å². The van der Waals surface area contributed by atoms with E-state index in [-0.39, 0.29) is 0 Å². The average molecular weight is 291 g/mol. The topological polar surface area (TPSA) is 12.9 Å². The lowest BCUT2D eigenvalue weighted by atomic mass is 9.82. The van der Waals surface area contributed by atoms with Crippen molar-refractivity contribution in [1.29, 1.82) is 0 Å². The molecule has 0 aliphatic carbocycles. The lowest BCUT2D eigenvalue weighted by Crippen LogP contribution is -2.21. The molecule has 0 bridgehead atoms. The van der Waals surface area contributed by atoms with Gasteiger partial charge < -0.3 is 0 Å². The predicted molar refractivity (Wildman–Crippen MR) is 69.8 cm³/mol. The second kappa shape index (κ2) is 5.86. The molecular formula is C12H17BrClN. The molecule has 1 unspecified atom stereocenters. The van der Waals surface area contributed by atoms with Crippen molar-refractivity contribution in [3.05, 3.63) is 29.0 Å². The minimum absolute atomic E-state index is 0.291. The number of halogens is 2. The molecule has 0 aliphatic rings. The van der Waals surface area contributed by atoms with Crippen molar-refractivity contribution < 1.29 is 0 Å². The molecule has 1 nitrogen and oxygen atoms in total. The van der Waals surface area contributed by atoms with Crippen LogP contribution < -0.4 is 0 Å². The van der Waals surface area contributed by atoms with E-state index in [2.05, 4.69) is 34.8 Å². The molecule has 0 saturated heterocycles. The van der Waals surface area contributed by atoms with E-state index in [4.69, 9.17) is 11.6 Å². The molecule has 1 heterocycles. The van der Waals surface area contributed by atoms with Crippen LogP contribution in [0.25, 0.3) is 0 Å². The molecule has 0 amide bonds. The monoisotopic (exact) mass is 289 g/mol. The Balaban J connectivity index is 2.79. The Morgan fingerprint density at radius 1 is 1.53 bits per heavy atom. The highest BCUT2D eigenvalue weighted by Gasteiger charge is 2.23. The number of rotatable bonds is 5. The van der Waals surface area contributed by atoms with E-state index in [1.165, 1.54) is 18.4 Å². The van der Waals surface area contributed by atoms with Crippen molar-refractivity contribution in [2.75, 3.05) is 5.33 Å². The molecule has 1 rings (SSSR count). The highest BCUT2D eigenvalue weighted by Crippen LogP contribution is 2.32. The third-order valence-electron chi connectivity index (χ3n) is 2.65. The van der Waals surface area contributed by atoms with E-state index in [1.54, 1.807) is 6.20 Å². The summed E-state index contributed by atoms with van der Waals surface area (Å²) < 4.78 is 0. The lowest BCUT2D eigenvalue weighted by Gasteiger charge is -2.27. The molecular weight excluding hydrogens is 273 g/mol. The Labute approximate surface area is 105 Å². The Hall–Kier alpha value is -0.0800. The SMILES string of the molecule is CCCC(C)(CBr)Cc1ccncc1Cl. The number of aromatic nitrogens is 1. The molecule has 84 valence electrons. The third-order valence-corrected chi connectivity index (χ3v) is 4.34. The van der Waals surface area contributed by atoms with Crippen LogP contribution in [0, 0.1) is 5.41 Å². The first-order valence-electron chi connectivity index (χ1n) is 5.25. The van der Waals surface area contributed by atoms with Gasteiger partial charge in [0.15, 0.2) is 0 Å². The van der Waals surface area contributed by atoms with Crippen LogP contribution in [0.5, 0.6) is 0 Å². The summed E-state index contributed by atoms with van der Waals surface area (Å²) in [5, 5.41) is 1.78. The summed E-state index contributed by atoms with van der Waals surface area (Å²) in [6.45, 7) is 4.51. The molecule has 15 heavy (non-hydrogen) atoms. The highest BCUT2D eigenvalue weighted by molar-refractivity contribution is 9.09. The normalized spacial score (nSPS) is 14.9. The van der Waals surface area contributed by atoms with Crippen LogP contribution in [0.2, 0.25) is 5.02 Å². The van der Waals surface area contributed by atoms with Crippen LogP contribution in [-0.4, -0.2) is 10.3 Å². The van der Waals surface area contributed by atoms with Gasteiger partial charge in [0.05, 0.1) is 5.02 Å². The van der Waals surface area contributed by atoms with Crippen LogP contribution in [0.1, 0.15) is 32.3 Å². The Morgan fingerprint density at radius 3 is 2.80 bits per heavy atom. The summed E-state index contributed by atoms with van der Waals surface area (Å²) in [7, 11) is 0. The second-order valence-corrected chi connectivity index (χ2v) is 5.31. The standard InChI is InChI=1S/C12H17BrClN/c1-3-5-12(2,9-13)7-10-4-6-15-8-11(10)14/h4,6,8H,3,5,7,9H2,1-2H3. The quantitative estimate of drug-likeness (QED) is 0.729. The average Bonchev–Trinajstić information content (AvgIpc) is 2.22.